The van der Waals surface area contributed by atoms with Gasteiger partial charge in [0.15, 0.2) is 11.1 Å². The molecule has 0 aliphatic rings. The lowest BCUT2D eigenvalue weighted by molar-refractivity contribution is 0.564. The number of hydrogen-bond donors (Lipinski definition) is 1. The Bertz CT molecular complexity index is 642. The van der Waals surface area contributed by atoms with Crippen LogP contribution >= 0.6 is 0 Å². The first-order valence-electron chi connectivity index (χ1n) is 5.34. The first-order valence-corrected chi connectivity index (χ1v) is 6.44. The second-order valence-electron chi connectivity index (χ2n) is 3.92. The number of nitrogens with zero attached hydrogens (tertiary/aromatic N) is 1. The summed E-state index contributed by atoms with van der Waals surface area (Å²) in [6.45, 7) is 1.89. The fraction of sp³-hybridized carbons (Fsp3) is 0.0714. The maximum Gasteiger partial charge on any atom is 0.186 e. The highest BCUT2D eigenvalue weighted by Gasteiger charge is 2.06. The molecule has 4 heteroatoms. The van der Waals surface area contributed by atoms with Crippen molar-refractivity contribution < 1.29 is 8.76 Å². The standard InChI is InChI=1S/C14H11NO2S/c1-10-8-13(18(16)17)6-7-14(10)12-4-2-11(9-15)3-5-12/h2-8H,1H3,(H,16,17). The van der Waals surface area contributed by atoms with Crippen molar-refractivity contribution in [3.8, 4) is 17.2 Å². The predicted molar refractivity (Wildman–Crippen MR) is 70.4 cm³/mol. The third-order valence-corrected chi connectivity index (χ3v) is 3.38. The zero-order chi connectivity index (χ0) is 13.1. The number of benzene rings is 2. The third-order valence-electron chi connectivity index (χ3n) is 2.72. The van der Waals surface area contributed by atoms with Gasteiger partial charge in [0.2, 0.25) is 0 Å². The summed E-state index contributed by atoms with van der Waals surface area (Å²) >= 11 is -1.95. The second kappa shape index (κ2) is 5.13. The topological polar surface area (TPSA) is 61.1 Å². The Kier molecular flexibility index (Phi) is 3.56. The summed E-state index contributed by atoms with van der Waals surface area (Å²) in [5, 5.41) is 8.74. The zero-order valence-electron chi connectivity index (χ0n) is 9.75. The molecule has 0 aliphatic heterocycles. The molecular weight excluding hydrogens is 246 g/mol. The van der Waals surface area contributed by atoms with Crippen molar-refractivity contribution in [3.63, 3.8) is 0 Å². The summed E-state index contributed by atoms with van der Waals surface area (Å²) in [6, 6.07) is 14.5. The van der Waals surface area contributed by atoms with E-state index in [4.69, 9.17) is 9.81 Å². The van der Waals surface area contributed by atoms with Crippen LogP contribution in [-0.2, 0) is 11.1 Å². The molecule has 0 heterocycles. The highest BCUT2D eigenvalue weighted by molar-refractivity contribution is 7.79. The minimum absolute atomic E-state index is 0.393. The van der Waals surface area contributed by atoms with Gasteiger partial charge in [-0.3, -0.25) is 0 Å². The summed E-state index contributed by atoms with van der Waals surface area (Å²) < 4.78 is 20.0. The summed E-state index contributed by atoms with van der Waals surface area (Å²) in [7, 11) is 0. The normalized spacial score (nSPS) is 11.8. The molecule has 0 amide bonds. The van der Waals surface area contributed by atoms with Gasteiger partial charge < -0.3 is 4.55 Å². The highest BCUT2D eigenvalue weighted by atomic mass is 32.2. The van der Waals surface area contributed by atoms with Crippen LogP contribution in [0, 0.1) is 18.3 Å². The van der Waals surface area contributed by atoms with Crippen LogP contribution in [0.1, 0.15) is 11.1 Å². The van der Waals surface area contributed by atoms with Crippen LogP contribution in [0.5, 0.6) is 0 Å². The number of hydrogen-bond acceptors (Lipinski definition) is 2. The number of rotatable bonds is 2. The van der Waals surface area contributed by atoms with Crippen LogP contribution in [0.4, 0.5) is 0 Å². The first kappa shape index (κ1) is 12.5. The molecule has 2 aromatic rings. The zero-order valence-corrected chi connectivity index (χ0v) is 10.6. The van der Waals surface area contributed by atoms with Crippen LogP contribution in [-0.4, -0.2) is 8.76 Å². The quantitative estimate of drug-likeness (QED) is 0.841. The van der Waals surface area contributed by atoms with Crippen molar-refractivity contribution in [1.82, 2.24) is 0 Å². The Labute approximate surface area is 108 Å². The minimum Gasteiger partial charge on any atom is -0.302 e. The van der Waals surface area contributed by atoms with Gasteiger partial charge in [0, 0.05) is 0 Å². The van der Waals surface area contributed by atoms with E-state index in [-0.39, 0.29) is 0 Å². The molecule has 1 N–H and O–H groups in total. The molecule has 0 aliphatic carbocycles. The lowest BCUT2D eigenvalue weighted by atomic mass is 10.00. The van der Waals surface area contributed by atoms with E-state index >= 15 is 0 Å². The monoisotopic (exact) mass is 257 g/mol. The summed E-state index contributed by atoms with van der Waals surface area (Å²) in [5.41, 5.74) is 3.53. The Hall–Kier alpha value is -1.96. The van der Waals surface area contributed by atoms with Crippen molar-refractivity contribution >= 4 is 11.1 Å². The van der Waals surface area contributed by atoms with Crippen LogP contribution in [0.3, 0.4) is 0 Å². The third kappa shape index (κ3) is 2.48. The van der Waals surface area contributed by atoms with E-state index in [1.807, 2.05) is 25.1 Å². The van der Waals surface area contributed by atoms with Gasteiger partial charge in [0.05, 0.1) is 16.5 Å². The lowest BCUT2D eigenvalue weighted by Gasteiger charge is -2.07. The van der Waals surface area contributed by atoms with E-state index in [0.29, 0.717) is 10.5 Å². The van der Waals surface area contributed by atoms with Crippen molar-refractivity contribution in [2.75, 3.05) is 0 Å². The number of nitriles is 1. The Morgan fingerprint density at radius 1 is 1.17 bits per heavy atom. The second-order valence-corrected chi connectivity index (χ2v) is 4.88. The largest absolute Gasteiger partial charge is 0.302 e. The van der Waals surface area contributed by atoms with Gasteiger partial charge in [-0.15, -0.1) is 0 Å². The highest BCUT2D eigenvalue weighted by Crippen LogP contribution is 2.25. The number of aryl methyl sites for hydroxylation is 1. The van der Waals surface area contributed by atoms with Crippen LogP contribution in [0.2, 0.25) is 0 Å². The molecule has 0 bridgehead atoms. The van der Waals surface area contributed by atoms with Gasteiger partial charge >= 0.3 is 0 Å². The molecule has 3 nitrogen and oxygen atoms in total. The average molecular weight is 257 g/mol. The van der Waals surface area contributed by atoms with Crippen molar-refractivity contribution in [2.24, 2.45) is 0 Å². The van der Waals surface area contributed by atoms with Gasteiger partial charge in [-0.1, -0.05) is 18.2 Å². The smallest absolute Gasteiger partial charge is 0.186 e. The lowest BCUT2D eigenvalue weighted by Crippen LogP contribution is -1.91. The fourth-order valence-corrected chi connectivity index (χ4v) is 2.26. The van der Waals surface area contributed by atoms with E-state index in [2.05, 4.69) is 6.07 Å². The summed E-state index contributed by atoms with van der Waals surface area (Å²) in [6.07, 6.45) is 0. The minimum atomic E-state index is -1.95. The Morgan fingerprint density at radius 3 is 2.33 bits per heavy atom. The van der Waals surface area contributed by atoms with E-state index in [0.717, 1.165) is 16.7 Å². The summed E-state index contributed by atoms with van der Waals surface area (Å²) in [5.74, 6) is 0. The SMILES string of the molecule is Cc1cc(S(=O)O)ccc1-c1ccc(C#N)cc1. The molecular formula is C14H11NO2S. The van der Waals surface area contributed by atoms with Gasteiger partial charge in [-0.2, -0.15) is 5.26 Å². The molecule has 18 heavy (non-hydrogen) atoms. The molecule has 0 aromatic heterocycles. The average Bonchev–Trinajstić information content (AvgIpc) is 2.38. The van der Waals surface area contributed by atoms with Gasteiger partial charge in [-0.25, -0.2) is 4.21 Å². The van der Waals surface area contributed by atoms with E-state index < -0.39 is 11.1 Å². The predicted octanol–water partition coefficient (Wildman–Crippen LogP) is 3.11. The van der Waals surface area contributed by atoms with Crippen molar-refractivity contribution in [1.29, 1.82) is 5.26 Å². The van der Waals surface area contributed by atoms with Gasteiger partial charge in [0.25, 0.3) is 0 Å². The van der Waals surface area contributed by atoms with E-state index in [9.17, 15) is 4.21 Å². The van der Waals surface area contributed by atoms with E-state index in [1.54, 1.807) is 24.3 Å². The first-order chi connectivity index (χ1) is 8.61. The van der Waals surface area contributed by atoms with Crippen molar-refractivity contribution in [2.45, 2.75) is 11.8 Å². The maximum atomic E-state index is 11.0. The molecule has 1 atom stereocenters. The fourth-order valence-electron chi connectivity index (χ4n) is 1.79. The molecule has 0 radical (unpaired) electrons. The molecule has 2 aromatic carbocycles. The van der Waals surface area contributed by atoms with E-state index in [1.165, 1.54) is 0 Å². The van der Waals surface area contributed by atoms with Gasteiger partial charge in [0.1, 0.15) is 0 Å². The summed E-state index contributed by atoms with van der Waals surface area (Å²) in [4.78, 5) is 0.393. The molecule has 90 valence electrons. The molecule has 0 saturated heterocycles. The molecule has 0 saturated carbocycles. The molecule has 0 spiro atoms. The molecule has 1 unspecified atom stereocenters. The van der Waals surface area contributed by atoms with Crippen LogP contribution < -0.4 is 0 Å². The Balaban J connectivity index is 2.45. The molecule has 2 rings (SSSR count). The van der Waals surface area contributed by atoms with Crippen LogP contribution in [0.25, 0.3) is 11.1 Å². The Morgan fingerprint density at radius 2 is 1.83 bits per heavy atom. The molecule has 0 fully saturated rings. The van der Waals surface area contributed by atoms with Gasteiger partial charge in [-0.05, 0) is 47.9 Å². The maximum absolute atomic E-state index is 11.0. The van der Waals surface area contributed by atoms with Crippen molar-refractivity contribution in [3.05, 3.63) is 53.6 Å². The van der Waals surface area contributed by atoms with Crippen LogP contribution in [0.15, 0.2) is 47.4 Å².